The van der Waals surface area contributed by atoms with E-state index in [9.17, 15) is 14.9 Å². The van der Waals surface area contributed by atoms with Gasteiger partial charge in [-0.25, -0.2) is 9.97 Å². The Morgan fingerprint density at radius 3 is 2.35 bits per heavy atom. The third-order valence-electron chi connectivity index (χ3n) is 5.85. The minimum absolute atomic E-state index is 0.00841. The molecule has 4 rings (SSSR count). The number of carbonyl (C=O) groups is 1. The van der Waals surface area contributed by atoms with Gasteiger partial charge < -0.3 is 9.80 Å². The van der Waals surface area contributed by atoms with Crippen molar-refractivity contribution >= 4 is 40.6 Å². The standard InChI is InChI=1S/C24H23Cl2N5O3/c1-15-20(13-17-3-6-19(25)7-4-17)23(28-16(2)27-15)29-9-11-30(12-10-29)24(32)18-5-8-21(26)22(14-18)31(33)34/h3-8,14H,9-13H2,1-2H3. The number of rotatable bonds is 5. The third kappa shape index (κ3) is 5.13. The average Bonchev–Trinajstić information content (AvgIpc) is 2.81. The second-order valence-electron chi connectivity index (χ2n) is 8.16. The summed E-state index contributed by atoms with van der Waals surface area (Å²) < 4.78 is 0. The van der Waals surface area contributed by atoms with Crippen molar-refractivity contribution in [3.63, 3.8) is 0 Å². The van der Waals surface area contributed by atoms with Gasteiger partial charge in [-0.2, -0.15) is 0 Å². The first-order valence-corrected chi connectivity index (χ1v) is 11.5. The van der Waals surface area contributed by atoms with E-state index in [1.165, 1.54) is 18.2 Å². The molecule has 1 aliphatic rings. The van der Waals surface area contributed by atoms with Crippen molar-refractivity contribution in [1.82, 2.24) is 14.9 Å². The lowest BCUT2D eigenvalue weighted by Crippen LogP contribution is -2.49. The SMILES string of the molecule is Cc1nc(C)c(Cc2ccc(Cl)cc2)c(N2CCN(C(=O)c3ccc(Cl)c([N+](=O)[O-])c3)CC2)n1. The average molecular weight is 500 g/mol. The van der Waals surface area contributed by atoms with Crippen molar-refractivity contribution in [2.24, 2.45) is 0 Å². The fourth-order valence-electron chi connectivity index (χ4n) is 4.08. The number of hydrogen-bond acceptors (Lipinski definition) is 6. The van der Waals surface area contributed by atoms with Crippen LogP contribution in [-0.4, -0.2) is 51.9 Å². The molecular weight excluding hydrogens is 477 g/mol. The number of nitro groups is 1. The van der Waals surface area contributed by atoms with E-state index in [0.29, 0.717) is 43.4 Å². The molecule has 1 aliphatic heterocycles. The maximum Gasteiger partial charge on any atom is 0.288 e. The number of piperazine rings is 1. The Bertz CT molecular complexity index is 1240. The number of aryl methyl sites for hydroxylation is 2. The van der Waals surface area contributed by atoms with Crippen molar-refractivity contribution in [1.29, 1.82) is 0 Å². The van der Waals surface area contributed by atoms with E-state index in [0.717, 1.165) is 22.6 Å². The summed E-state index contributed by atoms with van der Waals surface area (Å²) in [6, 6.07) is 11.9. The van der Waals surface area contributed by atoms with E-state index in [1.54, 1.807) is 4.90 Å². The molecule has 0 unspecified atom stereocenters. The molecule has 3 aromatic rings. The van der Waals surface area contributed by atoms with Gasteiger partial charge in [0, 0.05) is 60.5 Å². The van der Waals surface area contributed by atoms with Gasteiger partial charge in [0.1, 0.15) is 16.7 Å². The number of hydrogen-bond donors (Lipinski definition) is 0. The predicted molar refractivity (Wildman–Crippen MR) is 132 cm³/mol. The van der Waals surface area contributed by atoms with Crippen LogP contribution in [0.5, 0.6) is 0 Å². The van der Waals surface area contributed by atoms with Crippen LogP contribution in [0.25, 0.3) is 0 Å². The highest BCUT2D eigenvalue weighted by molar-refractivity contribution is 6.32. The Kier molecular flexibility index (Phi) is 7.00. The smallest absolute Gasteiger partial charge is 0.288 e. The molecule has 0 saturated carbocycles. The van der Waals surface area contributed by atoms with Gasteiger partial charge in [-0.15, -0.1) is 0 Å². The number of halogens is 2. The minimum Gasteiger partial charge on any atom is -0.353 e. The number of nitro benzene ring substituents is 1. The first-order chi connectivity index (χ1) is 16.2. The zero-order valence-electron chi connectivity index (χ0n) is 18.8. The van der Waals surface area contributed by atoms with Gasteiger partial charge >= 0.3 is 0 Å². The summed E-state index contributed by atoms with van der Waals surface area (Å²) in [5, 5.41) is 11.9. The summed E-state index contributed by atoms with van der Waals surface area (Å²) in [4.78, 5) is 36.7. The zero-order chi connectivity index (χ0) is 24.4. The maximum absolute atomic E-state index is 13.0. The molecule has 1 aromatic heterocycles. The van der Waals surface area contributed by atoms with E-state index in [-0.39, 0.29) is 22.2 Å². The Balaban J connectivity index is 1.52. The molecule has 0 N–H and O–H groups in total. The van der Waals surface area contributed by atoms with Crippen molar-refractivity contribution in [3.05, 3.63) is 90.8 Å². The van der Waals surface area contributed by atoms with Crippen molar-refractivity contribution in [3.8, 4) is 0 Å². The summed E-state index contributed by atoms with van der Waals surface area (Å²) in [5.74, 6) is 1.31. The Morgan fingerprint density at radius 2 is 1.71 bits per heavy atom. The van der Waals surface area contributed by atoms with Gasteiger partial charge in [0.2, 0.25) is 0 Å². The molecule has 0 spiro atoms. The van der Waals surface area contributed by atoms with Gasteiger partial charge in [0.05, 0.1) is 4.92 Å². The predicted octanol–water partition coefficient (Wildman–Crippen LogP) is 4.86. The van der Waals surface area contributed by atoms with Crippen molar-refractivity contribution in [2.75, 3.05) is 31.1 Å². The summed E-state index contributed by atoms with van der Waals surface area (Å²) in [6.07, 6.45) is 0.673. The molecule has 2 heterocycles. The molecule has 8 nitrogen and oxygen atoms in total. The van der Waals surface area contributed by atoms with Gasteiger partial charge in [0.15, 0.2) is 0 Å². The van der Waals surface area contributed by atoms with Crippen LogP contribution < -0.4 is 4.90 Å². The number of carbonyl (C=O) groups excluding carboxylic acids is 1. The number of aromatic nitrogens is 2. The number of nitrogens with zero attached hydrogens (tertiary/aromatic N) is 5. The fourth-order valence-corrected chi connectivity index (χ4v) is 4.39. The minimum atomic E-state index is -0.584. The lowest BCUT2D eigenvalue weighted by molar-refractivity contribution is -0.384. The van der Waals surface area contributed by atoms with Crippen LogP contribution in [0.4, 0.5) is 11.5 Å². The van der Waals surface area contributed by atoms with Crippen LogP contribution in [0.15, 0.2) is 42.5 Å². The lowest BCUT2D eigenvalue weighted by Gasteiger charge is -2.36. The molecular formula is C24H23Cl2N5O3. The Hall–Kier alpha value is -3.23. The van der Waals surface area contributed by atoms with Crippen LogP contribution >= 0.6 is 23.2 Å². The van der Waals surface area contributed by atoms with Crippen molar-refractivity contribution < 1.29 is 9.72 Å². The first kappa shape index (κ1) is 23.9. The normalized spacial score (nSPS) is 13.8. The molecule has 0 radical (unpaired) electrons. The highest BCUT2D eigenvalue weighted by Crippen LogP contribution is 2.28. The van der Waals surface area contributed by atoms with Gasteiger partial charge in [0.25, 0.3) is 11.6 Å². The van der Waals surface area contributed by atoms with Crippen LogP contribution in [0.3, 0.4) is 0 Å². The quantitative estimate of drug-likeness (QED) is 0.367. The second kappa shape index (κ2) is 9.95. The summed E-state index contributed by atoms with van der Waals surface area (Å²) in [5.41, 5.74) is 3.05. The molecule has 176 valence electrons. The Labute approximate surface area is 207 Å². The van der Waals surface area contributed by atoms with E-state index in [2.05, 4.69) is 9.88 Å². The van der Waals surface area contributed by atoms with E-state index in [4.69, 9.17) is 28.2 Å². The highest BCUT2D eigenvalue weighted by atomic mass is 35.5. The third-order valence-corrected chi connectivity index (χ3v) is 6.43. The molecule has 1 fully saturated rings. The topological polar surface area (TPSA) is 92.5 Å². The molecule has 1 amide bonds. The second-order valence-corrected chi connectivity index (χ2v) is 9.01. The van der Waals surface area contributed by atoms with Crippen LogP contribution in [0.2, 0.25) is 10.0 Å². The highest BCUT2D eigenvalue weighted by Gasteiger charge is 2.27. The number of amides is 1. The monoisotopic (exact) mass is 499 g/mol. The van der Waals surface area contributed by atoms with Gasteiger partial charge in [-0.05, 0) is 43.7 Å². The lowest BCUT2D eigenvalue weighted by atomic mass is 10.0. The summed E-state index contributed by atoms with van der Waals surface area (Å²) in [7, 11) is 0. The van der Waals surface area contributed by atoms with Crippen LogP contribution in [-0.2, 0) is 6.42 Å². The first-order valence-electron chi connectivity index (χ1n) is 10.8. The van der Waals surface area contributed by atoms with Gasteiger partial charge in [-0.3, -0.25) is 14.9 Å². The molecule has 1 saturated heterocycles. The summed E-state index contributed by atoms with van der Waals surface area (Å²) >= 11 is 11.9. The van der Waals surface area contributed by atoms with Crippen LogP contribution in [0, 0.1) is 24.0 Å². The molecule has 0 aliphatic carbocycles. The maximum atomic E-state index is 13.0. The van der Waals surface area contributed by atoms with E-state index >= 15 is 0 Å². The Morgan fingerprint density at radius 1 is 1.03 bits per heavy atom. The summed E-state index contributed by atoms with van der Waals surface area (Å²) in [6.45, 7) is 5.97. The number of anilines is 1. The van der Waals surface area contributed by atoms with Crippen molar-refractivity contribution in [2.45, 2.75) is 20.3 Å². The molecule has 0 bridgehead atoms. The largest absolute Gasteiger partial charge is 0.353 e. The van der Waals surface area contributed by atoms with E-state index in [1.807, 2.05) is 38.1 Å². The number of benzene rings is 2. The molecule has 10 heteroatoms. The molecule has 0 atom stereocenters. The van der Waals surface area contributed by atoms with Gasteiger partial charge in [-0.1, -0.05) is 35.3 Å². The van der Waals surface area contributed by atoms with E-state index < -0.39 is 4.92 Å². The molecule has 2 aromatic carbocycles. The van der Waals surface area contributed by atoms with Crippen LogP contribution in [0.1, 0.15) is 33.0 Å². The molecule has 34 heavy (non-hydrogen) atoms. The fraction of sp³-hybridized carbons (Fsp3) is 0.292. The zero-order valence-corrected chi connectivity index (χ0v) is 20.3.